The lowest BCUT2D eigenvalue weighted by Gasteiger charge is -2.08. The maximum atomic E-state index is 12.2. The number of phenolic OH excluding ortho intramolecular Hbond substituents is 1. The lowest BCUT2D eigenvalue weighted by atomic mass is 10.1. The number of nitrogens with zero attached hydrogens (tertiary/aromatic N) is 3. The van der Waals surface area contributed by atoms with Crippen molar-refractivity contribution in [3.05, 3.63) is 59.4 Å². The van der Waals surface area contributed by atoms with Crippen LogP contribution in [0.1, 0.15) is 35.7 Å². The number of ketones is 1. The standard InChI is InChI=1S/C21H23N7O2/c1-12-8-19(25-20-10-18(27-28-20)14-2-3-14)26-21(24-12)23-11-16(30)9-17(22)13-4-6-15(29)7-5-13/h4-10,14,29H,2-3,11,22H2,1H3,(H3,23,24,25,26,27,28)/b17-9-. The van der Waals surface area contributed by atoms with Crippen LogP contribution in [0.3, 0.4) is 0 Å². The Bertz CT molecular complexity index is 1080. The largest absolute Gasteiger partial charge is 0.508 e. The average molecular weight is 405 g/mol. The maximum Gasteiger partial charge on any atom is 0.225 e. The number of nitrogens with one attached hydrogen (secondary N) is 3. The first-order chi connectivity index (χ1) is 14.5. The van der Waals surface area contributed by atoms with Crippen LogP contribution in [0.5, 0.6) is 5.75 Å². The van der Waals surface area contributed by atoms with Crippen LogP contribution in [0.2, 0.25) is 0 Å². The average Bonchev–Trinajstić information content (AvgIpc) is 3.46. The van der Waals surface area contributed by atoms with Crippen molar-refractivity contribution in [2.45, 2.75) is 25.7 Å². The maximum absolute atomic E-state index is 12.2. The summed E-state index contributed by atoms with van der Waals surface area (Å²) in [4.78, 5) is 21.0. The predicted octanol–water partition coefficient (Wildman–Crippen LogP) is 2.82. The first-order valence-corrected chi connectivity index (χ1v) is 9.67. The molecule has 2 heterocycles. The fourth-order valence-corrected chi connectivity index (χ4v) is 2.97. The van der Waals surface area contributed by atoms with E-state index in [2.05, 4.69) is 30.8 Å². The SMILES string of the molecule is Cc1cc(Nc2cc(C3CC3)[nH]n2)nc(NCC(=O)/C=C(\N)c2ccc(O)cc2)n1. The van der Waals surface area contributed by atoms with Crippen molar-refractivity contribution in [2.24, 2.45) is 5.73 Å². The van der Waals surface area contributed by atoms with E-state index >= 15 is 0 Å². The number of aryl methyl sites for hydroxylation is 1. The van der Waals surface area contributed by atoms with Crippen LogP contribution < -0.4 is 16.4 Å². The fraction of sp³-hybridized carbons (Fsp3) is 0.238. The minimum Gasteiger partial charge on any atom is -0.508 e. The van der Waals surface area contributed by atoms with Gasteiger partial charge in [0.2, 0.25) is 5.95 Å². The Kier molecular flexibility index (Phi) is 5.34. The normalized spacial score (nSPS) is 13.8. The predicted molar refractivity (Wildman–Crippen MR) is 114 cm³/mol. The van der Waals surface area contributed by atoms with Gasteiger partial charge in [-0.15, -0.1) is 0 Å². The number of aromatic nitrogens is 4. The molecule has 30 heavy (non-hydrogen) atoms. The van der Waals surface area contributed by atoms with Gasteiger partial charge in [0, 0.05) is 41.2 Å². The van der Waals surface area contributed by atoms with Crippen molar-refractivity contribution < 1.29 is 9.90 Å². The van der Waals surface area contributed by atoms with Gasteiger partial charge in [-0.1, -0.05) is 0 Å². The summed E-state index contributed by atoms with van der Waals surface area (Å²) in [5, 5.41) is 22.7. The number of benzene rings is 1. The molecule has 6 N–H and O–H groups in total. The number of aromatic amines is 1. The Morgan fingerprint density at radius 1 is 1.23 bits per heavy atom. The fourth-order valence-electron chi connectivity index (χ4n) is 2.97. The van der Waals surface area contributed by atoms with Gasteiger partial charge < -0.3 is 21.5 Å². The molecule has 1 aliphatic carbocycles. The zero-order chi connectivity index (χ0) is 21.1. The molecule has 154 valence electrons. The molecule has 0 spiro atoms. The highest BCUT2D eigenvalue weighted by atomic mass is 16.3. The van der Waals surface area contributed by atoms with Crippen molar-refractivity contribution in [3.63, 3.8) is 0 Å². The van der Waals surface area contributed by atoms with E-state index in [9.17, 15) is 9.90 Å². The minimum absolute atomic E-state index is 0.00406. The van der Waals surface area contributed by atoms with Gasteiger partial charge in [-0.25, -0.2) is 4.98 Å². The van der Waals surface area contributed by atoms with Gasteiger partial charge in [-0.05, 0) is 49.6 Å². The number of hydrogen-bond acceptors (Lipinski definition) is 8. The molecule has 1 saturated carbocycles. The van der Waals surface area contributed by atoms with Gasteiger partial charge in [0.25, 0.3) is 0 Å². The zero-order valence-corrected chi connectivity index (χ0v) is 16.5. The Morgan fingerprint density at radius 3 is 2.73 bits per heavy atom. The number of rotatable bonds is 8. The summed E-state index contributed by atoms with van der Waals surface area (Å²) < 4.78 is 0. The van der Waals surface area contributed by atoms with Crippen molar-refractivity contribution in [3.8, 4) is 5.75 Å². The van der Waals surface area contributed by atoms with Crippen LogP contribution >= 0.6 is 0 Å². The molecule has 1 aliphatic rings. The van der Waals surface area contributed by atoms with Crippen molar-refractivity contribution in [2.75, 3.05) is 17.2 Å². The molecule has 1 fully saturated rings. The van der Waals surface area contributed by atoms with Crippen molar-refractivity contribution in [1.82, 2.24) is 20.2 Å². The lowest BCUT2D eigenvalue weighted by Crippen LogP contribution is -2.15. The molecule has 2 aromatic heterocycles. The first-order valence-electron chi connectivity index (χ1n) is 9.67. The summed E-state index contributed by atoms with van der Waals surface area (Å²) in [5.41, 5.74) is 8.81. The Morgan fingerprint density at radius 2 is 2.00 bits per heavy atom. The Hall–Kier alpha value is -3.88. The molecular formula is C21H23N7O2. The second kappa shape index (κ2) is 8.24. The highest BCUT2D eigenvalue weighted by Gasteiger charge is 2.25. The number of aromatic hydroxyl groups is 1. The zero-order valence-electron chi connectivity index (χ0n) is 16.5. The van der Waals surface area contributed by atoms with Crippen LogP contribution in [-0.4, -0.2) is 37.6 Å². The summed E-state index contributed by atoms with van der Waals surface area (Å²) in [6, 6.07) is 10.1. The highest BCUT2D eigenvalue weighted by Crippen LogP contribution is 2.39. The van der Waals surface area contributed by atoms with Gasteiger partial charge in [-0.2, -0.15) is 10.1 Å². The van der Waals surface area contributed by atoms with Gasteiger partial charge in [-0.3, -0.25) is 9.89 Å². The van der Waals surface area contributed by atoms with Gasteiger partial charge in [0.05, 0.1) is 6.54 Å². The molecule has 0 aliphatic heterocycles. The number of phenols is 1. The van der Waals surface area contributed by atoms with Crippen molar-refractivity contribution in [1.29, 1.82) is 0 Å². The molecule has 0 atom stereocenters. The monoisotopic (exact) mass is 405 g/mol. The number of anilines is 3. The van der Waals surface area contributed by atoms with Gasteiger partial charge in [0.15, 0.2) is 11.6 Å². The molecule has 9 heteroatoms. The summed E-state index contributed by atoms with van der Waals surface area (Å²) in [6.07, 6.45) is 3.74. The smallest absolute Gasteiger partial charge is 0.225 e. The van der Waals surface area contributed by atoms with Crippen LogP contribution in [-0.2, 0) is 4.79 Å². The van der Waals surface area contributed by atoms with Gasteiger partial charge in [0.1, 0.15) is 11.6 Å². The molecule has 1 aromatic carbocycles. The summed E-state index contributed by atoms with van der Waals surface area (Å²) >= 11 is 0. The molecule has 9 nitrogen and oxygen atoms in total. The highest BCUT2D eigenvalue weighted by molar-refractivity contribution is 5.98. The lowest BCUT2D eigenvalue weighted by molar-refractivity contribution is -0.113. The second-order valence-electron chi connectivity index (χ2n) is 7.29. The van der Waals surface area contributed by atoms with E-state index in [0.29, 0.717) is 34.8 Å². The molecule has 0 bridgehead atoms. The van der Waals surface area contributed by atoms with E-state index in [1.165, 1.54) is 31.1 Å². The van der Waals surface area contributed by atoms with E-state index < -0.39 is 0 Å². The second-order valence-corrected chi connectivity index (χ2v) is 7.29. The van der Waals surface area contributed by atoms with E-state index in [0.717, 1.165) is 11.4 Å². The number of H-pyrrole nitrogens is 1. The summed E-state index contributed by atoms with van der Waals surface area (Å²) in [7, 11) is 0. The van der Waals surface area contributed by atoms with E-state index in [4.69, 9.17) is 5.73 Å². The molecule has 0 saturated heterocycles. The van der Waals surface area contributed by atoms with Crippen LogP contribution in [0.4, 0.5) is 17.6 Å². The van der Waals surface area contributed by atoms with Crippen LogP contribution in [0.25, 0.3) is 5.70 Å². The third-order valence-corrected chi connectivity index (χ3v) is 4.66. The quantitative estimate of drug-likeness (QED) is 0.360. The molecule has 4 rings (SSSR count). The Balaban J connectivity index is 1.38. The number of nitrogens with two attached hydrogens (primary N) is 1. The number of carbonyl (C=O) groups excluding carboxylic acids is 1. The topological polar surface area (TPSA) is 142 Å². The van der Waals surface area contributed by atoms with E-state index in [-0.39, 0.29) is 18.1 Å². The minimum atomic E-state index is -0.221. The number of hydrogen-bond donors (Lipinski definition) is 5. The third-order valence-electron chi connectivity index (χ3n) is 4.66. The van der Waals surface area contributed by atoms with Crippen molar-refractivity contribution >= 4 is 29.1 Å². The molecule has 0 amide bonds. The first kappa shape index (κ1) is 19.4. The molecule has 0 unspecified atom stereocenters. The summed E-state index contributed by atoms with van der Waals surface area (Å²) in [5.74, 6) is 2.12. The molecule has 3 aromatic rings. The van der Waals surface area contributed by atoms with Crippen LogP contribution in [0, 0.1) is 6.92 Å². The van der Waals surface area contributed by atoms with E-state index in [1.54, 1.807) is 18.2 Å². The van der Waals surface area contributed by atoms with Gasteiger partial charge >= 0.3 is 0 Å². The van der Waals surface area contributed by atoms with E-state index in [1.807, 2.05) is 13.0 Å². The summed E-state index contributed by atoms with van der Waals surface area (Å²) in [6.45, 7) is 1.85. The third kappa shape index (κ3) is 4.93. The Labute approximate surface area is 173 Å². The molecular weight excluding hydrogens is 382 g/mol. The molecule has 0 radical (unpaired) electrons. The number of carbonyl (C=O) groups is 1. The van der Waals surface area contributed by atoms with Crippen LogP contribution in [0.15, 0.2) is 42.5 Å².